The molecular weight excluding hydrogens is 332 g/mol. The lowest BCUT2D eigenvalue weighted by molar-refractivity contribution is -0.0639. The van der Waals surface area contributed by atoms with Gasteiger partial charge in [-0.1, -0.05) is 5.16 Å². The Hall–Kier alpha value is -1.74. The van der Waals surface area contributed by atoms with E-state index in [0.717, 1.165) is 43.2 Å². The summed E-state index contributed by atoms with van der Waals surface area (Å²) in [5.74, 6) is 0.864. The lowest BCUT2D eigenvalue weighted by Gasteiger charge is -2.38. The summed E-state index contributed by atoms with van der Waals surface area (Å²) >= 11 is 0. The summed E-state index contributed by atoms with van der Waals surface area (Å²) in [4.78, 5) is 0. The molecule has 0 aliphatic carbocycles. The molecule has 26 heavy (non-hydrogen) atoms. The maximum atomic E-state index is 5.94. The molecule has 0 amide bonds. The number of nitrogens with zero attached hydrogens (tertiary/aromatic N) is 3. The van der Waals surface area contributed by atoms with Crippen LogP contribution in [0.25, 0.3) is 0 Å². The molecule has 8 heteroatoms. The lowest BCUT2D eigenvalue weighted by Crippen LogP contribution is -2.55. The predicted octanol–water partition coefficient (Wildman–Crippen LogP) is 0.861. The number of hydrogen-bond acceptors (Lipinski definition) is 7. The maximum absolute atomic E-state index is 5.94. The van der Waals surface area contributed by atoms with E-state index in [4.69, 9.17) is 9.26 Å². The van der Waals surface area contributed by atoms with Gasteiger partial charge < -0.3 is 25.2 Å². The quantitative estimate of drug-likeness (QED) is 0.642. The minimum atomic E-state index is -0.126. The van der Waals surface area contributed by atoms with Crippen molar-refractivity contribution in [2.75, 3.05) is 27.2 Å². The van der Waals surface area contributed by atoms with Crippen LogP contribution < -0.4 is 16.0 Å². The van der Waals surface area contributed by atoms with Crippen LogP contribution in [0.2, 0.25) is 0 Å². The normalized spacial score (nSPS) is 21.0. The summed E-state index contributed by atoms with van der Waals surface area (Å²) in [5, 5.41) is 18.7. The van der Waals surface area contributed by atoms with E-state index in [-0.39, 0.29) is 17.7 Å². The molecule has 2 atom stereocenters. The van der Waals surface area contributed by atoms with Crippen LogP contribution in [0, 0.1) is 0 Å². The van der Waals surface area contributed by atoms with Gasteiger partial charge in [-0.05, 0) is 34.0 Å². The van der Waals surface area contributed by atoms with Crippen LogP contribution in [0.1, 0.15) is 37.0 Å². The van der Waals surface area contributed by atoms with Crippen LogP contribution in [0.4, 0.5) is 0 Å². The van der Waals surface area contributed by atoms with Crippen molar-refractivity contribution in [3.8, 4) is 0 Å². The molecule has 2 aromatic heterocycles. The highest BCUT2D eigenvalue weighted by Gasteiger charge is 2.33. The second-order valence-electron chi connectivity index (χ2n) is 7.37. The van der Waals surface area contributed by atoms with Crippen LogP contribution in [-0.2, 0) is 24.2 Å². The second kappa shape index (κ2) is 8.30. The molecule has 0 spiro atoms. The molecule has 0 saturated carbocycles. The first-order valence-corrected chi connectivity index (χ1v) is 9.18. The van der Waals surface area contributed by atoms with Gasteiger partial charge in [-0.25, -0.2) is 0 Å². The molecule has 2 unspecified atom stereocenters. The van der Waals surface area contributed by atoms with Crippen LogP contribution >= 0.6 is 0 Å². The van der Waals surface area contributed by atoms with Gasteiger partial charge in [-0.3, -0.25) is 4.68 Å². The fraction of sp³-hybridized carbons (Fsp3) is 0.667. The van der Waals surface area contributed by atoms with Crippen molar-refractivity contribution < 1.29 is 9.26 Å². The number of aromatic nitrogens is 3. The first-order valence-electron chi connectivity index (χ1n) is 9.18. The minimum Gasteiger partial charge on any atom is -0.373 e. The van der Waals surface area contributed by atoms with E-state index in [1.165, 1.54) is 0 Å². The number of likely N-dealkylation sites (N-methyl/N-ethyl adjacent to an activating group) is 1. The van der Waals surface area contributed by atoms with Gasteiger partial charge in [0.1, 0.15) is 11.5 Å². The SMILES string of the molecule is CNCc1ccnn1CCc1cc(C(NC)C2COC(C)(C)CN2)no1. The van der Waals surface area contributed by atoms with Crippen LogP contribution in [0.3, 0.4) is 0 Å². The van der Waals surface area contributed by atoms with Gasteiger partial charge in [0.2, 0.25) is 0 Å². The monoisotopic (exact) mass is 362 g/mol. The fourth-order valence-electron chi connectivity index (χ4n) is 3.27. The second-order valence-corrected chi connectivity index (χ2v) is 7.37. The van der Waals surface area contributed by atoms with Crippen molar-refractivity contribution in [2.45, 2.75) is 51.0 Å². The van der Waals surface area contributed by atoms with Crippen molar-refractivity contribution in [2.24, 2.45) is 0 Å². The lowest BCUT2D eigenvalue weighted by atomic mass is 10.00. The largest absolute Gasteiger partial charge is 0.373 e. The molecule has 3 heterocycles. The van der Waals surface area contributed by atoms with E-state index in [9.17, 15) is 0 Å². The Labute approximate surface area is 154 Å². The number of nitrogens with one attached hydrogen (secondary N) is 3. The highest BCUT2D eigenvalue weighted by molar-refractivity contribution is 5.13. The summed E-state index contributed by atoms with van der Waals surface area (Å²) < 4.78 is 13.5. The third-order valence-electron chi connectivity index (χ3n) is 4.79. The Bertz CT molecular complexity index is 685. The molecule has 2 aromatic rings. The molecule has 0 aromatic carbocycles. The number of hydrogen-bond donors (Lipinski definition) is 3. The number of morpholine rings is 1. The summed E-state index contributed by atoms with van der Waals surface area (Å²) in [6.07, 6.45) is 2.58. The topological polar surface area (TPSA) is 89.2 Å². The molecule has 1 saturated heterocycles. The Morgan fingerprint density at radius 1 is 1.42 bits per heavy atom. The highest BCUT2D eigenvalue weighted by Crippen LogP contribution is 2.23. The first-order chi connectivity index (χ1) is 12.5. The zero-order chi connectivity index (χ0) is 18.6. The van der Waals surface area contributed by atoms with Crippen molar-refractivity contribution in [1.29, 1.82) is 0 Å². The van der Waals surface area contributed by atoms with E-state index in [1.807, 2.05) is 37.1 Å². The van der Waals surface area contributed by atoms with E-state index >= 15 is 0 Å². The standard InChI is InChI=1S/C18H30N6O2/c1-18(2)12-21-16(11-25-18)17(20-4)15-9-14(26-23-15)6-8-24-13(10-19-3)5-7-22-24/h5,7,9,16-17,19-21H,6,8,10-12H2,1-4H3. The molecule has 0 bridgehead atoms. The van der Waals surface area contributed by atoms with E-state index < -0.39 is 0 Å². The van der Waals surface area contributed by atoms with Gasteiger partial charge >= 0.3 is 0 Å². The van der Waals surface area contributed by atoms with E-state index in [1.54, 1.807) is 0 Å². The van der Waals surface area contributed by atoms with Gasteiger partial charge in [0.25, 0.3) is 0 Å². The Balaban J connectivity index is 1.60. The Morgan fingerprint density at radius 2 is 2.27 bits per heavy atom. The number of ether oxygens (including phenoxy) is 1. The molecule has 0 radical (unpaired) electrons. The molecule has 1 aliphatic heterocycles. The zero-order valence-electron chi connectivity index (χ0n) is 16.1. The summed E-state index contributed by atoms with van der Waals surface area (Å²) in [6.45, 7) is 7.21. The molecule has 3 N–H and O–H groups in total. The van der Waals surface area contributed by atoms with Gasteiger partial charge in [-0.15, -0.1) is 0 Å². The maximum Gasteiger partial charge on any atom is 0.138 e. The summed E-state index contributed by atoms with van der Waals surface area (Å²) in [6, 6.07) is 4.27. The zero-order valence-corrected chi connectivity index (χ0v) is 16.1. The predicted molar refractivity (Wildman–Crippen MR) is 98.8 cm³/mol. The van der Waals surface area contributed by atoms with E-state index in [2.05, 4.69) is 40.1 Å². The molecule has 3 rings (SSSR count). The average molecular weight is 362 g/mol. The highest BCUT2D eigenvalue weighted by atomic mass is 16.5. The van der Waals surface area contributed by atoms with Gasteiger partial charge in [0, 0.05) is 38.3 Å². The Morgan fingerprint density at radius 3 is 2.96 bits per heavy atom. The number of aryl methyl sites for hydroxylation is 2. The molecule has 1 aliphatic rings. The van der Waals surface area contributed by atoms with Crippen molar-refractivity contribution in [1.82, 2.24) is 30.9 Å². The third kappa shape index (κ3) is 4.50. The van der Waals surface area contributed by atoms with Gasteiger partial charge in [-0.2, -0.15) is 5.10 Å². The van der Waals surface area contributed by atoms with Crippen molar-refractivity contribution in [3.63, 3.8) is 0 Å². The summed E-state index contributed by atoms with van der Waals surface area (Å²) in [7, 11) is 3.87. The summed E-state index contributed by atoms with van der Waals surface area (Å²) in [5.41, 5.74) is 1.93. The van der Waals surface area contributed by atoms with Gasteiger partial charge in [0.15, 0.2) is 0 Å². The molecule has 144 valence electrons. The average Bonchev–Trinajstić information content (AvgIpc) is 3.25. The van der Waals surface area contributed by atoms with Gasteiger partial charge in [0.05, 0.1) is 30.0 Å². The van der Waals surface area contributed by atoms with Crippen molar-refractivity contribution in [3.05, 3.63) is 35.5 Å². The van der Waals surface area contributed by atoms with Crippen molar-refractivity contribution >= 4 is 0 Å². The first kappa shape index (κ1) is 19.0. The number of rotatable bonds is 8. The Kier molecular flexibility index (Phi) is 6.08. The third-order valence-corrected chi connectivity index (χ3v) is 4.79. The molecule has 8 nitrogen and oxygen atoms in total. The smallest absolute Gasteiger partial charge is 0.138 e. The van der Waals surface area contributed by atoms with Crippen LogP contribution in [0.15, 0.2) is 22.9 Å². The molecule has 1 fully saturated rings. The van der Waals surface area contributed by atoms with Crippen LogP contribution in [-0.4, -0.2) is 53.8 Å². The fourth-order valence-corrected chi connectivity index (χ4v) is 3.27. The molecular formula is C18H30N6O2. The van der Waals surface area contributed by atoms with E-state index in [0.29, 0.717) is 6.61 Å². The minimum absolute atomic E-state index is 0.0492. The van der Waals surface area contributed by atoms with Crippen LogP contribution in [0.5, 0.6) is 0 Å².